The number of carbonyl (C=O) groups excluding carboxylic acids is 1. The van der Waals surface area contributed by atoms with Crippen molar-refractivity contribution in [2.24, 2.45) is 10.9 Å². The maximum Gasteiger partial charge on any atom is 0.223 e. The summed E-state index contributed by atoms with van der Waals surface area (Å²) in [5.41, 5.74) is 1.91. The Morgan fingerprint density at radius 1 is 1.19 bits per heavy atom. The summed E-state index contributed by atoms with van der Waals surface area (Å²) in [5.74, 6) is 0.0276. The molecule has 1 atom stereocenters. The standard InChI is InChI=1S/C23H29FN4O2.HI/c1-2-25-23(26-14-18-8-9-21(29)20(24)12-18)27-15-19-13-22(30)28(16-19)11-10-17-6-4-3-5-7-17;/h3-9,12,19,29H,2,10-11,13-16H2,1H3,(H2,25,26,27);1H. The summed E-state index contributed by atoms with van der Waals surface area (Å²) in [6.07, 6.45) is 1.39. The van der Waals surface area contributed by atoms with E-state index in [2.05, 4.69) is 27.8 Å². The molecule has 1 heterocycles. The number of phenols is 1. The molecule has 0 saturated carbocycles. The van der Waals surface area contributed by atoms with Gasteiger partial charge in [0.25, 0.3) is 0 Å². The van der Waals surface area contributed by atoms with Crippen molar-refractivity contribution in [3.05, 3.63) is 65.5 Å². The second-order valence-corrected chi connectivity index (χ2v) is 7.51. The number of likely N-dealkylation sites (tertiary alicyclic amines) is 1. The van der Waals surface area contributed by atoms with Crippen LogP contribution >= 0.6 is 24.0 Å². The number of guanidine groups is 1. The zero-order valence-corrected chi connectivity index (χ0v) is 20.0. The molecule has 1 aliphatic rings. The Kier molecular flexibility index (Phi) is 10.0. The number of rotatable bonds is 8. The molecule has 1 aliphatic heterocycles. The first-order valence-electron chi connectivity index (χ1n) is 10.4. The van der Waals surface area contributed by atoms with Gasteiger partial charge in [0.1, 0.15) is 0 Å². The highest BCUT2D eigenvalue weighted by atomic mass is 127. The van der Waals surface area contributed by atoms with Gasteiger partial charge in [-0.1, -0.05) is 36.4 Å². The van der Waals surface area contributed by atoms with Crippen LogP contribution in [0.5, 0.6) is 5.75 Å². The number of aromatic hydroxyl groups is 1. The molecule has 8 heteroatoms. The van der Waals surface area contributed by atoms with Crippen LogP contribution in [0.1, 0.15) is 24.5 Å². The van der Waals surface area contributed by atoms with Crippen molar-refractivity contribution in [3.8, 4) is 5.75 Å². The van der Waals surface area contributed by atoms with E-state index in [0.29, 0.717) is 37.6 Å². The van der Waals surface area contributed by atoms with Gasteiger partial charge in [-0.15, -0.1) is 24.0 Å². The molecule has 0 aromatic heterocycles. The fraction of sp³-hybridized carbons (Fsp3) is 0.391. The molecule has 1 unspecified atom stereocenters. The molecular formula is C23H30FIN4O2. The minimum atomic E-state index is -0.652. The minimum absolute atomic E-state index is 0. The van der Waals surface area contributed by atoms with Gasteiger partial charge in [0.15, 0.2) is 17.5 Å². The van der Waals surface area contributed by atoms with Crippen LogP contribution in [0.2, 0.25) is 0 Å². The second-order valence-electron chi connectivity index (χ2n) is 7.51. The lowest BCUT2D eigenvalue weighted by Gasteiger charge is -2.18. The molecule has 0 bridgehead atoms. The number of amides is 1. The molecule has 1 fully saturated rings. The van der Waals surface area contributed by atoms with Crippen LogP contribution in [0.4, 0.5) is 4.39 Å². The number of hydrogen-bond donors (Lipinski definition) is 3. The van der Waals surface area contributed by atoms with Crippen molar-refractivity contribution in [3.63, 3.8) is 0 Å². The van der Waals surface area contributed by atoms with Crippen LogP contribution in [0.15, 0.2) is 53.5 Å². The maximum absolute atomic E-state index is 13.5. The molecule has 0 aliphatic carbocycles. The van der Waals surface area contributed by atoms with Crippen molar-refractivity contribution in [2.45, 2.75) is 26.3 Å². The first-order valence-corrected chi connectivity index (χ1v) is 10.4. The van der Waals surface area contributed by atoms with Gasteiger partial charge in [-0.25, -0.2) is 9.38 Å². The smallest absolute Gasteiger partial charge is 0.223 e. The summed E-state index contributed by atoms with van der Waals surface area (Å²) >= 11 is 0. The summed E-state index contributed by atoms with van der Waals surface area (Å²) in [5, 5.41) is 15.7. The molecule has 0 spiro atoms. The molecule has 6 nitrogen and oxygen atoms in total. The van der Waals surface area contributed by atoms with E-state index in [4.69, 9.17) is 0 Å². The first kappa shape index (κ1) is 24.9. The number of nitrogens with one attached hydrogen (secondary N) is 2. The molecule has 1 saturated heterocycles. The molecule has 31 heavy (non-hydrogen) atoms. The molecule has 2 aromatic carbocycles. The Morgan fingerprint density at radius 2 is 1.97 bits per heavy atom. The van der Waals surface area contributed by atoms with Gasteiger partial charge >= 0.3 is 0 Å². The number of hydrogen-bond acceptors (Lipinski definition) is 3. The topological polar surface area (TPSA) is 77.0 Å². The SMILES string of the molecule is CCNC(=NCc1ccc(O)c(F)c1)NCC1CC(=O)N(CCc2ccccc2)C1.I. The molecule has 3 rings (SSSR count). The molecular weight excluding hydrogens is 510 g/mol. The quantitative estimate of drug-likeness (QED) is 0.273. The van der Waals surface area contributed by atoms with E-state index in [1.807, 2.05) is 30.0 Å². The van der Waals surface area contributed by atoms with Crippen molar-refractivity contribution >= 4 is 35.8 Å². The Labute approximate surface area is 200 Å². The second kappa shape index (κ2) is 12.5. The Hall–Kier alpha value is -2.36. The van der Waals surface area contributed by atoms with Crippen LogP contribution in [0.3, 0.4) is 0 Å². The van der Waals surface area contributed by atoms with Gasteiger partial charge in [-0.05, 0) is 36.6 Å². The highest BCUT2D eigenvalue weighted by Crippen LogP contribution is 2.18. The number of carbonyl (C=O) groups is 1. The lowest BCUT2D eigenvalue weighted by molar-refractivity contribution is -0.127. The largest absolute Gasteiger partial charge is 0.505 e. The zero-order chi connectivity index (χ0) is 21.3. The van der Waals surface area contributed by atoms with E-state index in [1.165, 1.54) is 17.7 Å². The number of nitrogens with zero attached hydrogens (tertiary/aromatic N) is 2. The predicted octanol–water partition coefficient (Wildman–Crippen LogP) is 3.30. The third-order valence-corrected chi connectivity index (χ3v) is 5.14. The van der Waals surface area contributed by atoms with Gasteiger partial charge < -0.3 is 20.6 Å². The Bertz CT molecular complexity index is 879. The van der Waals surface area contributed by atoms with Crippen LogP contribution < -0.4 is 10.6 Å². The fourth-order valence-corrected chi connectivity index (χ4v) is 3.52. The fourth-order valence-electron chi connectivity index (χ4n) is 3.52. The van der Waals surface area contributed by atoms with E-state index in [1.54, 1.807) is 6.07 Å². The van der Waals surface area contributed by atoms with E-state index in [9.17, 15) is 14.3 Å². The van der Waals surface area contributed by atoms with Gasteiger partial charge in [-0.3, -0.25) is 4.79 Å². The Balaban J connectivity index is 0.00000341. The summed E-state index contributed by atoms with van der Waals surface area (Å²) in [4.78, 5) is 18.8. The van der Waals surface area contributed by atoms with Crippen LogP contribution in [0, 0.1) is 11.7 Å². The summed E-state index contributed by atoms with van der Waals surface area (Å²) in [6, 6.07) is 14.4. The average molecular weight is 540 g/mol. The van der Waals surface area contributed by atoms with E-state index in [0.717, 1.165) is 19.5 Å². The normalized spacial score (nSPS) is 16.2. The molecule has 3 N–H and O–H groups in total. The van der Waals surface area contributed by atoms with Gasteiger partial charge in [0.05, 0.1) is 6.54 Å². The van der Waals surface area contributed by atoms with Crippen LogP contribution in [-0.4, -0.2) is 48.1 Å². The van der Waals surface area contributed by atoms with Gasteiger partial charge in [0.2, 0.25) is 5.91 Å². The number of halogens is 2. The van der Waals surface area contributed by atoms with Crippen molar-refractivity contribution in [1.29, 1.82) is 0 Å². The molecule has 168 valence electrons. The molecule has 0 radical (unpaired) electrons. The minimum Gasteiger partial charge on any atom is -0.505 e. The summed E-state index contributed by atoms with van der Waals surface area (Å²) in [6.45, 7) is 5.08. The molecule has 2 aromatic rings. The highest BCUT2D eigenvalue weighted by Gasteiger charge is 2.29. The van der Waals surface area contributed by atoms with E-state index < -0.39 is 5.82 Å². The Morgan fingerprint density at radius 3 is 2.68 bits per heavy atom. The maximum atomic E-state index is 13.5. The monoisotopic (exact) mass is 540 g/mol. The van der Waals surface area contributed by atoms with Gasteiger partial charge in [0, 0.05) is 38.5 Å². The number of aliphatic imine (C=N–C) groups is 1. The van der Waals surface area contributed by atoms with Crippen molar-refractivity contribution < 1.29 is 14.3 Å². The summed E-state index contributed by atoms with van der Waals surface area (Å²) in [7, 11) is 0. The van der Waals surface area contributed by atoms with Gasteiger partial charge in [-0.2, -0.15) is 0 Å². The lowest BCUT2D eigenvalue weighted by atomic mass is 10.1. The predicted molar refractivity (Wildman–Crippen MR) is 131 cm³/mol. The van der Waals surface area contributed by atoms with E-state index >= 15 is 0 Å². The van der Waals surface area contributed by atoms with E-state index in [-0.39, 0.29) is 41.6 Å². The number of benzene rings is 2. The summed E-state index contributed by atoms with van der Waals surface area (Å²) < 4.78 is 13.5. The lowest BCUT2D eigenvalue weighted by Crippen LogP contribution is -2.40. The molecule has 1 amide bonds. The number of phenolic OH excluding ortho intramolecular Hbond substituents is 1. The third-order valence-electron chi connectivity index (χ3n) is 5.14. The van der Waals surface area contributed by atoms with Crippen molar-refractivity contribution in [1.82, 2.24) is 15.5 Å². The zero-order valence-electron chi connectivity index (χ0n) is 17.7. The van der Waals surface area contributed by atoms with Crippen molar-refractivity contribution in [2.75, 3.05) is 26.2 Å². The third kappa shape index (κ3) is 7.68. The average Bonchev–Trinajstić information content (AvgIpc) is 3.11. The highest BCUT2D eigenvalue weighted by molar-refractivity contribution is 14.0. The van der Waals surface area contributed by atoms with Crippen LogP contribution in [0.25, 0.3) is 0 Å². The van der Waals surface area contributed by atoms with Crippen LogP contribution in [-0.2, 0) is 17.8 Å². The first-order chi connectivity index (χ1) is 14.5.